The number of rotatable bonds is 3. The molecule has 1 heterocycles. The van der Waals surface area contributed by atoms with Crippen molar-refractivity contribution >= 4 is 5.91 Å². The van der Waals surface area contributed by atoms with Crippen molar-refractivity contribution in [1.82, 2.24) is 5.32 Å². The van der Waals surface area contributed by atoms with Gasteiger partial charge < -0.3 is 15.2 Å². The molecule has 0 aromatic rings. The molecule has 0 aromatic heterocycles. The van der Waals surface area contributed by atoms with E-state index in [4.69, 9.17) is 9.84 Å². The zero-order valence-corrected chi connectivity index (χ0v) is 8.95. The molecular formula is C11H19NO3. The van der Waals surface area contributed by atoms with Crippen LogP contribution in [0.15, 0.2) is 0 Å². The summed E-state index contributed by atoms with van der Waals surface area (Å²) in [6.45, 7) is 0.878. The Morgan fingerprint density at radius 1 is 1.33 bits per heavy atom. The molecule has 0 spiro atoms. The van der Waals surface area contributed by atoms with Crippen LogP contribution >= 0.6 is 0 Å². The van der Waals surface area contributed by atoms with E-state index in [2.05, 4.69) is 5.32 Å². The van der Waals surface area contributed by atoms with Crippen molar-refractivity contribution in [2.75, 3.05) is 13.2 Å². The van der Waals surface area contributed by atoms with Crippen LogP contribution in [0.4, 0.5) is 0 Å². The highest BCUT2D eigenvalue weighted by Gasteiger charge is 2.31. The first-order chi connectivity index (χ1) is 7.31. The maximum absolute atomic E-state index is 11.7. The molecule has 1 saturated heterocycles. The number of carbonyl (C=O) groups excluding carboxylic acids is 1. The molecular weight excluding hydrogens is 194 g/mol. The third-order valence-electron chi connectivity index (χ3n) is 3.44. The summed E-state index contributed by atoms with van der Waals surface area (Å²) in [6, 6.07) is 0.159. The van der Waals surface area contributed by atoms with E-state index in [9.17, 15) is 4.79 Å². The van der Waals surface area contributed by atoms with Crippen LogP contribution in [-0.4, -0.2) is 36.4 Å². The minimum Gasteiger partial charge on any atom is -0.396 e. The van der Waals surface area contributed by atoms with E-state index < -0.39 is 0 Å². The molecule has 15 heavy (non-hydrogen) atoms. The van der Waals surface area contributed by atoms with E-state index in [1.165, 1.54) is 0 Å². The normalized spacial score (nSPS) is 35.7. The summed E-state index contributed by atoms with van der Waals surface area (Å²) in [6.07, 6.45) is 4.68. The number of ether oxygens (including phenoxy) is 1. The van der Waals surface area contributed by atoms with Crippen LogP contribution in [0.3, 0.4) is 0 Å². The standard InChI is InChI=1S/C11H19NO3/c13-7-8-3-1-4-9(8)12-11(14)10-5-2-6-15-10/h8-10,13H,1-7H2,(H,12,14). The second kappa shape index (κ2) is 4.94. The van der Waals surface area contributed by atoms with E-state index in [0.717, 1.165) is 32.1 Å². The van der Waals surface area contributed by atoms with Gasteiger partial charge in [0.25, 0.3) is 0 Å². The molecule has 1 amide bonds. The van der Waals surface area contributed by atoms with Gasteiger partial charge in [0, 0.05) is 25.2 Å². The highest BCUT2D eigenvalue weighted by molar-refractivity contribution is 5.81. The molecule has 4 nitrogen and oxygen atoms in total. The molecule has 3 atom stereocenters. The lowest BCUT2D eigenvalue weighted by molar-refractivity contribution is -0.131. The van der Waals surface area contributed by atoms with Crippen molar-refractivity contribution < 1.29 is 14.6 Å². The third-order valence-corrected chi connectivity index (χ3v) is 3.44. The van der Waals surface area contributed by atoms with Crippen LogP contribution in [0, 0.1) is 5.92 Å². The molecule has 2 rings (SSSR count). The molecule has 2 fully saturated rings. The first kappa shape index (κ1) is 10.9. The van der Waals surface area contributed by atoms with Crippen molar-refractivity contribution in [2.45, 2.75) is 44.2 Å². The van der Waals surface area contributed by atoms with Gasteiger partial charge in [-0.2, -0.15) is 0 Å². The SMILES string of the molecule is O=C(NC1CCCC1CO)C1CCCO1. The van der Waals surface area contributed by atoms with Crippen molar-refractivity contribution in [2.24, 2.45) is 5.92 Å². The molecule has 1 saturated carbocycles. The van der Waals surface area contributed by atoms with E-state index in [0.29, 0.717) is 6.61 Å². The summed E-state index contributed by atoms with van der Waals surface area (Å²) in [5.41, 5.74) is 0. The van der Waals surface area contributed by atoms with E-state index in [1.807, 2.05) is 0 Å². The minimum atomic E-state index is -0.245. The Morgan fingerprint density at radius 3 is 2.87 bits per heavy atom. The lowest BCUT2D eigenvalue weighted by Crippen LogP contribution is -2.43. The first-order valence-corrected chi connectivity index (χ1v) is 5.84. The number of hydrogen-bond acceptors (Lipinski definition) is 3. The topological polar surface area (TPSA) is 58.6 Å². The fraction of sp³-hybridized carbons (Fsp3) is 0.909. The van der Waals surface area contributed by atoms with Crippen LogP contribution in [0.2, 0.25) is 0 Å². The number of amides is 1. The molecule has 1 aliphatic heterocycles. The summed E-state index contributed by atoms with van der Waals surface area (Å²) in [5.74, 6) is 0.258. The average molecular weight is 213 g/mol. The number of nitrogens with one attached hydrogen (secondary N) is 1. The second-order valence-corrected chi connectivity index (χ2v) is 4.49. The van der Waals surface area contributed by atoms with Crippen LogP contribution in [0.1, 0.15) is 32.1 Å². The van der Waals surface area contributed by atoms with Gasteiger partial charge in [-0.3, -0.25) is 4.79 Å². The predicted octanol–water partition coefficient (Wildman–Crippen LogP) is 0.443. The predicted molar refractivity (Wildman–Crippen MR) is 55.3 cm³/mol. The van der Waals surface area contributed by atoms with Crippen LogP contribution in [0.25, 0.3) is 0 Å². The summed E-state index contributed by atoms with van der Waals surface area (Å²) in [5, 5.41) is 12.1. The monoisotopic (exact) mass is 213 g/mol. The Balaban J connectivity index is 1.82. The lowest BCUT2D eigenvalue weighted by atomic mass is 10.0. The van der Waals surface area contributed by atoms with Crippen molar-refractivity contribution in [1.29, 1.82) is 0 Å². The van der Waals surface area contributed by atoms with E-state index >= 15 is 0 Å². The summed E-state index contributed by atoms with van der Waals surface area (Å²) >= 11 is 0. The van der Waals surface area contributed by atoms with E-state index in [-0.39, 0.29) is 30.6 Å². The maximum Gasteiger partial charge on any atom is 0.249 e. The van der Waals surface area contributed by atoms with Gasteiger partial charge in [0.2, 0.25) is 5.91 Å². The molecule has 1 aliphatic carbocycles. The Kier molecular flexibility index (Phi) is 3.59. The first-order valence-electron chi connectivity index (χ1n) is 5.84. The molecule has 0 aromatic carbocycles. The number of aliphatic hydroxyl groups excluding tert-OH is 1. The highest BCUT2D eigenvalue weighted by atomic mass is 16.5. The summed E-state index contributed by atoms with van der Waals surface area (Å²) in [4.78, 5) is 11.7. The second-order valence-electron chi connectivity index (χ2n) is 4.49. The molecule has 0 radical (unpaired) electrons. The van der Waals surface area contributed by atoms with Gasteiger partial charge in [-0.05, 0) is 25.7 Å². The van der Waals surface area contributed by atoms with Crippen LogP contribution < -0.4 is 5.32 Å². The number of hydrogen-bond donors (Lipinski definition) is 2. The fourth-order valence-corrected chi connectivity index (χ4v) is 2.51. The maximum atomic E-state index is 11.7. The van der Waals surface area contributed by atoms with Gasteiger partial charge in [-0.1, -0.05) is 6.42 Å². The zero-order valence-electron chi connectivity index (χ0n) is 8.95. The molecule has 2 N–H and O–H groups in total. The molecule has 0 bridgehead atoms. The Labute approximate surface area is 90.0 Å². The summed E-state index contributed by atoms with van der Waals surface area (Å²) < 4.78 is 5.32. The Morgan fingerprint density at radius 2 is 2.20 bits per heavy atom. The molecule has 3 unspecified atom stereocenters. The smallest absolute Gasteiger partial charge is 0.249 e. The Bertz CT molecular complexity index is 226. The van der Waals surface area contributed by atoms with Gasteiger partial charge in [-0.25, -0.2) is 0 Å². The van der Waals surface area contributed by atoms with Crippen molar-refractivity contribution in [3.63, 3.8) is 0 Å². The fourth-order valence-electron chi connectivity index (χ4n) is 2.51. The number of carbonyl (C=O) groups is 1. The van der Waals surface area contributed by atoms with Gasteiger partial charge in [0.05, 0.1) is 0 Å². The van der Waals surface area contributed by atoms with Gasteiger partial charge >= 0.3 is 0 Å². The van der Waals surface area contributed by atoms with Crippen molar-refractivity contribution in [3.8, 4) is 0 Å². The van der Waals surface area contributed by atoms with Gasteiger partial charge in [0.1, 0.15) is 6.10 Å². The molecule has 2 aliphatic rings. The zero-order chi connectivity index (χ0) is 10.7. The molecule has 4 heteroatoms. The minimum absolute atomic E-state index is 0.0119. The van der Waals surface area contributed by atoms with Crippen LogP contribution in [0.5, 0.6) is 0 Å². The average Bonchev–Trinajstić information content (AvgIpc) is 2.87. The summed E-state index contributed by atoms with van der Waals surface area (Å²) in [7, 11) is 0. The molecule has 86 valence electrons. The quantitative estimate of drug-likeness (QED) is 0.715. The van der Waals surface area contributed by atoms with Gasteiger partial charge in [-0.15, -0.1) is 0 Å². The van der Waals surface area contributed by atoms with Gasteiger partial charge in [0.15, 0.2) is 0 Å². The largest absolute Gasteiger partial charge is 0.396 e. The van der Waals surface area contributed by atoms with Crippen LogP contribution in [-0.2, 0) is 9.53 Å². The lowest BCUT2D eigenvalue weighted by Gasteiger charge is -2.20. The third kappa shape index (κ3) is 2.49. The number of aliphatic hydroxyl groups is 1. The highest BCUT2D eigenvalue weighted by Crippen LogP contribution is 2.25. The Hall–Kier alpha value is -0.610. The van der Waals surface area contributed by atoms with Crippen molar-refractivity contribution in [3.05, 3.63) is 0 Å². The van der Waals surface area contributed by atoms with E-state index in [1.54, 1.807) is 0 Å².